The second kappa shape index (κ2) is 5.92. The van der Waals surface area contributed by atoms with Crippen molar-refractivity contribution < 1.29 is 15.3 Å². The van der Waals surface area contributed by atoms with Gasteiger partial charge in [0.05, 0.1) is 11.7 Å². The van der Waals surface area contributed by atoms with Crippen molar-refractivity contribution in [3.8, 4) is 0 Å². The summed E-state index contributed by atoms with van der Waals surface area (Å²) in [5.41, 5.74) is -0.998. The molecule has 22 heavy (non-hydrogen) atoms. The third kappa shape index (κ3) is 2.46. The topological polar surface area (TPSA) is 60.7 Å². The molecule has 0 aliphatic heterocycles. The summed E-state index contributed by atoms with van der Waals surface area (Å²) in [5, 5.41) is 32.5. The Morgan fingerprint density at radius 3 is 2.50 bits per heavy atom. The molecule has 0 amide bonds. The maximum atomic E-state index is 11.5. The Bertz CT molecular complexity index is 432. The van der Waals surface area contributed by atoms with Crippen molar-refractivity contribution in [1.82, 2.24) is 0 Å². The largest absolute Gasteiger partial charge is 0.396 e. The molecular formula is C19H32O3. The highest BCUT2D eigenvalue weighted by Crippen LogP contribution is 2.54. The summed E-state index contributed by atoms with van der Waals surface area (Å²) in [6.07, 6.45) is 7.52. The van der Waals surface area contributed by atoms with Crippen molar-refractivity contribution in [2.45, 2.75) is 58.2 Å². The quantitative estimate of drug-likeness (QED) is 0.700. The molecule has 0 heterocycles. The van der Waals surface area contributed by atoms with Gasteiger partial charge in [-0.3, -0.25) is 0 Å². The summed E-state index contributed by atoms with van der Waals surface area (Å²) in [4.78, 5) is 0. The Morgan fingerprint density at radius 2 is 1.86 bits per heavy atom. The maximum absolute atomic E-state index is 11.5. The van der Waals surface area contributed by atoms with E-state index in [1.165, 1.54) is 0 Å². The first-order valence-corrected chi connectivity index (χ1v) is 9.08. The molecular weight excluding hydrogens is 276 g/mol. The van der Waals surface area contributed by atoms with Gasteiger partial charge in [-0.25, -0.2) is 0 Å². The molecule has 1 unspecified atom stereocenters. The molecule has 0 spiro atoms. The fourth-order valence-corrected chi connectivity index (χ4v) is 5.80. The molecule has 0 aromatic carbocycles. The van der Waals surface area contributed by atoms with Crippen LogP contribution in [0.1, 0.15) is 46.5 Å². The first-order valence-electron chi connectivity index (χ1n) is 9.08. The van der Waals surface area contributed by atoms with Gasteiger partial charge in [0, 0.05) is 6.61 Å². The van der Waals surface area contributed by atoms with E-state index in [9.17, 15) is 15.3 Å². The van der Waals surface area contributed by atoms with Gasteiger partial charge in [-0.05, 0) is 60.7 Å². The van der Waals surface area contributed by atoms with Crippen molar-refractivity contribution in [3.05, 3.63) is 12.2 Å². The molecule has 3 aliphatic rings. The normalized spacial score (nSPS) is 49.0. The van der Waals surface area contributed by atoms with E-state index >= 15 is 0 Å². The zero-order chi connectivity index (χ0) is 16.1. The predicted molar refractivity (Wildman–Crippen MR) is 87.1 cm³/mol. The molecule has 2 saturated carbocycles. The van der Waals surface area contributed by atoms with Crippen LogP contribution in [0.5, 0.6) is 0 Å². The highest BCUT2D eigenvalue weighted by atomic mass is 16.3. The van der Waals surface area contributed by atoms with E-state index in [2.05, 4.69) is 32.9 Å². The van der Waals surface area contributed by atoms with Crippen LogP contribution in [0.4, 0.5) is 0 Å². The molecule has 0 saturated heterocycles. The van der Waals surface area contributed by atoms with Crippen molar-refractivity contribution in [1.29, 1.82) is 0 Å². The second-order valence-electron chi connectivity index (χ2n) is 8.55. The lowest BCUT2D eigenvalue weighted by Crippen LogP contribution is -2.58. The van der Waals surface area contributed by atoms with Crippen molar-refractivity contribution >= 4 is 0 Å². The average molecular weight is 308 g/mol. The molecule has 0 aromatic rings. The van der Waals surface area contributed by atoms with Crippen LogP contribution in [-0.2, 0) is 0 Å². The fraction of sp³-hybridized carbons (Fsp3) is 0.895. The van der Waals surface area contributed by atoms with Gasteiger partial charge >= 0.3 is 0 Å². The Kier molecular flexibility index (Phi) is 4.43. The number of allylic oxidation sites excluding steroid dienone is 2. The molecule has 3 heteroatoms. The van der Waals surface area contributed by atoms with Crippen LogP contribution in [0, 0.1) is 41.4 Å². The maximum Gasteiger partial charge on any atom is 0.0941 e. The molecule has 126 valence electrons. The second-order valence-corrected chi connectivity index (χ2v) is 8.55. The number of hydrogen-bond donors (Lipinski definition) is 3. The lowest BCUT2D eigenvalue weighted by Gasteiger charge is -2.50. The van der Waals surface area contributed by atoms with E-state index in [0.717, 1.165) is 19.3 Å². The fourth-order valence-electron chi connectivity index (χ4n) is 5.80. The highest BCUT2D eigenvalue weighted by Gasteiger charge is 2.56. The molecule has 8 atom stereocenters. The van der Waals surface area contributed by atoms with Crippen LogP contribution in [0.3, 0.4) is 0 Å². The van der Waals surface area contributed by atoms with E-state index < -0.39 is 11.7 Å². The highest BCUT2D eigenvalue weighted by molar-refractivity contribution is 5.17. The summed E-state index contributed by atoms with van der Waals surface area (Å²) < 4.78 is 0. The predicted octanol–water partition coefficient (Wildman–Crippen LogP) is 2.60. The van der Waals surface area contributed by atoms with E-state index in [-0.39, 0.29) is 24.4 Å². The van der Waals surface area contributed by atoms with Crippen molar-refractivity contribution in [3.63, 3.8) is 0 Å². The van der Waals surface area contributed by atoms with Crippen LogP contribution >= 0.6 is 0 Å². The molecule has 3 nitrogen and oxygen atoms in total. The van der Waals surface area contributed by atoms with Crippen LogP contribution in [0.25, 0.3) is 0 Å². The Labute approximate surface area is 134 Å². The van der Waals surface area contributed by atoms with Gasteiger partial charge in [0.15, 0.2) is 0 Å². The van der Waals surface area contributed by atoms with Gasteiger partial charge in [-0.15, -0.1) is 0 Å². The van der Waals surface area contributed by atoms with E-state index in [1.807, 2.05) is 0 Å². The molecule has 3 aliphatic carbocycles. The average Bonchev–Trinajstić information content (AvgIpc) is 3.05. The molecule has 0 radical (unpaired) electrons. The monoisotopic (exact) mass is 308 g/mol. The van der Waals surface area contributed by atoms with E-state index in [4.69, 9.17) is 0 Å². The first kappa shape index (κ1) is 16.5. The lowest BCUT2D eigenvalue weighted by molar-refractivity contribution is -0.180. The van der Waals surface area contributed by atoms with Gasteiger partial charge in [0.25, 0.3) is 0 Å². The number of aliphatic hydroxyl groups excluding tert-OH is 2. The minimum atomic E-state index is -0.998. The number of rotatable bonds is 4. The summed E-state index contributed by atoms with van der Waals surface area (Å²) in [6, 6.07) is 0. The van der Waals surface area contributed by atoms with Crippen LogP contribution < -0.4 is 0 Å². The van der Waals surface area contributed by atoms with Crippen LogP contribution in [-0.4, -0.2) is 33.6 Å². The Morgan fingerprint density at radius 1 is 1.18 bits per heavy atom. The van der Waals surface area contributed by atoms with Gasteiger partial charge in [0.1, 0.15) is 0 Å². The zero-order valence-electron chi connectivity index (χ0n) is 14.2. The minimum absolute atomic E-state index is 0.0107. The molecule has 2 fully saturated rings. The molecule has 0 aromatic heterocycles. The zero-order valence-corrected chi connectivity index (χ0v) is 14.2. The third-order valence-electron chi connectivity index (χ3n) is 6.87. The molecule has 3 N–H and O–H groups in total. The van der Waals surface area contributed by atoms with Gasteiger partial charge in [-0.2, -0.15) is 0 Å². The Balaban J connectivity index is 1.88. The van der Waals surface area contributed by atoms with Gasteiger partial charge in [0.2, 0.25) is 0 Å². The number of hydrogen-bond acceptors (Lipinski definition) is 3. The van der Waals surface area contributed by atoms with Crippen LogP contribution in [0.2, 0.25) is 0 Å². The molecule has 2 bridgehead atoms. The van der Waals surface area contributed by atoms with Crippen molar-refractivity contribution in [2.24, 2.45) is 41.4 Å². The van der Waals surface area contributed by atoms with Gasteiger partial charge < -0.3 is 15.3 Å². The van der Waals surface area contributed by atoms with E-state index in [0.29, 0.717) is 30.1 Å². The lowest BCUT2D eigenvalue weighted by atomic mass is 9.60. The minimum Gasteiger partial charge on any atom is -0.396 e. The SMILES string of the molecule is CC(C)[C@@H]1CC[C@@H](C)C[C@@]1(O)C(O)[C@@H]1[C@H](CO)[C@@H]2C=C[C@H]1C2. The smallest absolute Gasteiger partial charge is 0.0941 e. The number of fused-ring (bicyclic) bond motifs is 2. The molecule has 3 rings (SSSR count). The summed E-state index contributed by atoms with van der Waals surface area (Å²) in [6.45, 7) is 6.61. The Hall–Kier alpha value is -0.380. The number of aliphatic hydroxyl groups is 3. The first-order chi connectivity index (χ1) is 10.4. The van der Waals surface area contributed by atoms with Crippen molar-refractivity contribution in [2.75, 3.05) is 6.61 Å². The van der Waals surface area contributed by atoms with Gasteiger partial charge in [-0.1, -0.05) is 39.3 Å². The summed E-state index contributed by atoms with van der Waals surface area (Å²) >= 11 is 0. The van der Waals surface area contributed by atoms with E-state index in [1.54, 1.807) is 0 Å². The standard InChI is InChI=1S/C19H32O3/c1-11(2)16-7-4-12(3)9-19(16,22)18(21)17-14-6-5-13(8-14)15(17)10-20/h5-6,11-18,20-22H,4,7-10H2,1-3H3/t12-,13-,14+,15-,16+,17+,18?,19+/m1/s1. The van der Waals surface area contributed by atoms with Crippen LogP contribution in [0.15, 0.2) is 12.2 Å². The summed E-state index contributed by atoms with van der Waals surface area (Å²) in [5.74, 6) is 1.81. The third-order valence-corrected chi connectivity index (χ3v) is 6.87. The summed E-state index contributed by atoms with van der Waals surface area (Å²) in [7, 11) is 0.